The molecule has 2 aliphatic carbocycles. The van der Waals surface area contributed by atoms with Crippen molar-refractivity contribution >= 4 is 0 Å². The Bertz CT molecular complexity index is 637. The van der Waals surface area contributed by atoms with E-state index in [0.29, 0.717) is 25.8 Å². The van der Waals surface area contributed by atoms with E-state index in [1.807, 2.05) is 6.08 Å². The molecule has 31 heavy (non-hydrogen) atoms. The van der Waals surface area contributed by atoms with Crippen molar-refractivity contribution in [3.05, 3.63) is 11.6 Å². The van der Waals surface area contributed by atoms with Crippen molar-refractivity contribution < 1.29 is 29.5 Å². The van der Waals surface area contributed by atoms with Gasteiger partial charge in [-0.05, 0) is 33.2 Å². The molecule has 1 heterocycles. The van der Waals surface area contributed by atoms with Crippen LogP contribution in [0.2, 0.25) is 0 Å². The van der Waals surface area contributed by atoms with Crippen molar-refractivity contribution in [1.82, 2.24) is 5.32 Å². The quantitative estimate of drug-likeness (QED) is 0.189. The molecule has 12 N–H and O–H groups in total. The topological polar surface area (TPSA) is 204 Å². The Morgan fingerprint density at radius 3 is 2.39 bits per heavy atom. The normalized spacial score (nSPS) is 49.0. The first-order valence-electron chi connectivity index (χ1n) is 10.9. The summed E-state index contributed by atoms with van der Waals surface area (Å²) in [6.07, 6.45) is -1.77. The first-order chi connectivity index (χ1) is 14.6. The highest BCUT2D eigenvalue weighted by molar-refractivity contribution is 5.12. The summed E-state index contributed by atoms with van der Waals surface area (Å²) < 4.78 is 17.7. The highest BCUT2D eigenvalue weighted by Crippen LogP contribution is 2.31. The third-order valence-corrected chi connectivity index (χ3v) is 6.71. The molecular formula is C20H39N5O6. The predicted octanol–water partition coefficient (Wildman–Crippen LogP) is -3.39. The lowest BCUT2D eigenvalue weighted by atomic mass is 9.83. The number of nitrogens with two attached hydrogens (primary N) is 4. The van der Waals surface area contributed by atoms with E-state index in [1.165, 1.54) is 0 Å². The second-order valence-electron chi connectivity index (χ2n) is 9.26. The van der Waals surface area contributed by atoms with Crippen LogP contribution in [0.4, 0.5) is 0 Å². The van der Waals surface area contributed by atoms with Gasteiger partial charge in [0.05, 0.1) is 18.8 Å². The monoisotopic (exact) mass is 445 g/mol. The molecule has 1 saturated heterocycles. The first kappa shape index (κ1) is 24.9. The lowest BCUT2D eigenvalue weighted by molar-refractivity contribution is -0.299. The average Bonchev–Trinajstić information content (AvgIpc) is 2.71. The number of likely N-dealkylation sites (N-methyl/N-ethyl adjacent to an activating group) is 1. The largest absolute Gasteiger partial charge is 0.388 e. The predicted molar refractivity (Wildman–Crippen MR) is 114 cm³/mol. The number of hydrogen-bond acceptors (Lipinski definition) is 11. The van der Waals surface area contributed by atoms with Gasteiger partial charge in [0, 0.05) is 24.7 Å². The van der Waals surface area contributed by atoms with Crippen molar-refractivity contribution in [2.24, 2.45) is 22.9 Å². The van der Waals surface area contributed by atoms with Crippen LogP contribution in [0.1, 0.15) is 26.2 Å². The molecule has 0 bridgehead atoms. The molecule has 3 aliphatic rings. The van der Waals surface area contributed by atoms with Crippen molar-refractivity contribution in [1.29, 1.82) is 0 Å². The number of nitrogens with one attached hydrogen (secondary N) is 1. The molecule has 1 saturated carbocycles. The van der Waals surface area contributed by atoms with Gasteiger partial charge in [0.1, 0.15) is 30.0 Å². The summed E-state index contributed by atoms with van der Waals surface area (Å²) in [5.41, 5.74) is 24.3. The van der Waals surface area contributed by atoms with E-state index >= 15 is 0 Å². The molecule has 0 radical (unpaired) electrons. The molecule has 2 fully saturated rings. The van der Waals surface area contributed by atoms with Crippen LogP contribution in [0, 0.1) is 0 Å². The van der Waals surface area contributed by atoms with E-state index in [-0.39, 0.29) is 18.8 Å². The maximum absolute atomic E-state index is 11.1. The fraction of sp³-hybridized carbons (Fsp3) is 0.900. The molecule has 11 nitrogen and oxygen atoms in total. The van der Waals surface area contributed by atoms with Crippen molar-refractivity contribution in [3.63, 3.8) is 0 Å². The first-order valence-corrected chi connectivity index (χ1v) is 10.9. The molecule has 0 amide bonds. The Morgan fingerprint density at radius 1 is 1.13 bits per heavy atom. The van der Waals surface area contributed by atoms with Gasteiger partial charge in [0.15, 0.2) is 6.29 Å². The zero-order valence-electron chi connectivity index (χ0n) is 18.3. The van der Waals surface area contributed by atoms with E-state index in [4.69, 9.17) is 37.1 Å². The fourth-order valence-electron chi connectivity index (χ4n) is 4.82. The Morgan fingerprint density at radius 2 is 1.77 bits per heavy atom. The number of aliphatic hydroxyl groups is 3. The second kappa shape index (κ2) is 10.1. The summed E-state index contributed by atoms with van der Waals surface area (Å²) in [7, 11) is 1.63. The van der Waals surface area contributed by atoms with E-state index in [2.05, 4.69) is 5.32 Å². The molecule has 11 atom stereocenters. The molecule has 1 aliphatic heterocycles. The highest BCUT2D eigenvalue weighted by Gasteiger charge is 2.50. The average molecular weight is 446 g/mol. The molecule has 11 heteroatoms. The number of ether oxygens (including phenoxy) is 3. The maximum atomic E-state index is 11.1. The minimum atomic E-state index is -1.28. The van der Waals surface area contributed by atoms with Gasteiger partial charge in [-0.2, -0.15) is 0 Å². The summed E-state index contributed by atoms with van der Waals surface area (Å²) >= 11 is 0. The van der Waals surface area contributed by atoms with Gasteiger partial charge >= 0.3 is 0 Å². The number of hydrogen-bond donors (Lipinski definition) is 8. The Hall–Kier alpha value is -0.700. The Labute approximate surface area is 183 Å². The molecule has 0 spiro atoms. The summed E-state index contributed by atoms with van der Waals surface area (Å²) in [6, 6.07) is -2.01. The fourth-order valence-corrected chi connectivity index (χ4v) is 4.82. The SMILES string of the molecule is CN[C@@H]1[C@@H](O)[C@H](O[C@H]2[C@H](O)[C@@H](O[C@H]3CC(CN)=CC[C@H]3N)[C@H](N)C[C@H]2N)OC[C@]1(C)O. The van der Waals surface area contributed by atoms with Gasteiger partial charge in [0.2, 0.25) is 0 Å². The molecule has 180 valence electrons. The van der Waals surface area contributed by atoms with Gasteiger partial charge in [-0.15, -0.1) is 0 Å². The molecule has 0 aromatic carbocycles. The maximum Gasteiger partial charge on any atom is 0.185 e. The summed E-state index contributed by atoms with van der Waals surface area (Å²) in [6.45, 7) is 1.94. The third kappa shape index (κ3) is 5.28. The zero-order valence-corrected chi connectivity index (χ0v) is 18.3. The molecule has 3 rings (SSSR count). The highest BCUT2D eigenvalue weighted by atomic mass is 16.7. The van der Waals surface area contributed by atoms with E-state index in [1.54, 1.807) is 14.0 Å². The van der Waals surface area contributed by atoms with Gasteiger partial charge in [-0.3, -0.25) is 0 Å². The van der Waals surface area contributed by atoms with Crippen molar-refractivity contribution in [3.8, 4) is 0 Å². The summed E-state index contributed by atoms with van der Waals surface area (Å²) in [4.78, 5) is 0. The number of aliphatic hydroxyl groups excluding tert-OH is 2. The van der Waals surface area contributed by atoms with Crippen LogP contribution in [0.5, 0.6) is 0 Å². The third-order valence-electron chi connectivity index (χ3n) is 6.71. The van der Waals surface area contributed by atoms with Crippen LogP contribution in [0.15, 0.2) is 11.6 Å². The smallest absolute Gasteiger partial charge is 0.185 e. The molecule has 0 aromatic rings. The number of rotatable bonds is 6. The lowest BCUT2D eigenvalue weighted by Gasteiger charge is -2.48. The van der Waals surface area contributed by atoms with Gasteiger partial charge < -0.3 is 57.8 Å². The van der Waals surface area contributed by atoms with Gasteiger partial charge in [-0.25, -0.2) is 0 Å². The molecular weight excluding hydrogens is 406 g/mol. The van der Waals surface area contributed by atoms with Gasteiger partial charge in [-0.1, -0.05) is 11.6 Å². The standard InChI is InChI=1S/C20H39N5O6/c1-20(28)8-29-19(15(27)18(20)25-2)31-17-12(24)6-11(23)16(14(17)26)30-13-5-9(7-21)3-4-10(13)22/h3,10-19,25-28H,4-8,21-24H2,1-2H3/t10-,11-,12-,13+,14-,15-,16+,17-,18-,19+,20+/m1/s1. The van der Waals surface area contributed by atoms with Crippen LogP contribution in [-0.4, -0.2) is 102 Å². The minimum Gasteiger partial charge on any atom is -0.388 e. The molecule has 0 unspecified atom stereocenters. The van der Waals surface area contributed by atoms with E-state index in [0.717, 1.165) is 5.57 Å². The van der Waals surface area contributed by atoms with Gasteiger partial charge in [0.25, 0.3) is 0 Å². The van der Waals surface area contributed by atoms with E-state index in [9.17, 15) is 15.3 Å². The second-order valence-corrected chi connectivity index (χ2v) is 9.26. The van der Waals surface area contributed by atoms with Crippen LogP contribution >= 0.6 is 0 Å². The van der Waals surface area contributed by atoms with Crippen molar-refractivity contribution in [2.45, 2.75) is 92.8 Å². The van der Waals surface area contributed by atoms with Crippen LogP contribution in [-0.2, 0) is 14.2 Å². The van der Waals surface area contributed by atoms with Crippen LogP contribution < -0.4 is 28.3 Å². The van der Waals surface area contributed by atoms with E-state index < -0.39 is 54.4 Å². The van der Waals surface area contributed by atoms with Crippen LogP contribution in [0.25, 0.3) is 0 Å². The zero-order chi connectivity index (χ0) is 22.9. The van der Waals surface area contributed by atoms with Crippen molar-refractivity contribution in [2.75, 3.05) is 20.2 Å². The minimum absolute atomic E-state index is 0.0527. The van der Waals surface area contributed by atoms with Crippen LogP contribution in [0.3, 0.4) is 0 Å². The summed E-state index contributed by atoms with van der Waals surface area (Å²) in [5.74, 6) is 0. The Kier molecular flexibility index (Phi) is 8.09. The summed E-state index contributed by atoms with van der Waals surface area (Å²) in [5, 5.41) is 35.0. The Balaban J connectivity index is 1.69. The lowest BCUT2D eigenvalue weighted by Crippen LogP contribution is -2.68. The molecule has 0 aromatic heterocycles.